The molecule has 1 aliphatic heterocycles. The molecule has 0 bridgehead atoms. The Morgan fingerprint density at radius 1 is 1.29 bits per heavy atom. The van der Waals surface area contributed by atoms with Gasteiger partial charge in [-0.3, -0.25) is 4.90 Å². The minimum absolute atomic E-state index is 0.245. The van der Waals surface area contributed by atoms with Crippen LogP contribution < -0.4 is 11.1 Å². The van der Waals surface area contributed by atoms with E-state index in [1.54, 1.807) is 0 Å². The maximum absolute atomic E-state index is 5.92. The summed E-state index contributed by atoms with van der Waals surface area (Å²) in [6.45, 7) is 5.04. The molecule has 1 atom stereocenters. The second-order valence-corrected chi connectivity index (χ2v) is 7.86. The first-order valence-electron chi connectivity index (χ1n) is 8.79. The standard InChI is InChI=1S/C18H29N3/c19-16-3-1-15(2-4-16)5-6-18(9-10-18)21-12-11-20-13-17(14-21)7-8-17/h1-3,16,20H,4-14,19H2. The average molecular weight is 287 g/mol. The van der Waals surface area contributed by atoms with E-state index in [-0.39, 0.29) is 6.04 Å². The van der Waals surface area contributed by atoms with Gasteiger partial charge in [0.25, 0.3) is 0 Å². The van der Waals surface area contributed by atoms with Gasteiger partial charge < -0.3 is 11.1 Å². The third-order valence-electron chi connectivity index (χ3n) is 6.13. The van der Waals surface area contributed by atoms with Crippen molar-refractivity contribution in [2.75, 3.05) is 26.2 Å². The largest absolute Gasteiger partial charge is 0.324 e. The fourth-order valence-electron chi connectivity index (χ4n) is 4.14. The highest BCUT2D eigenvalue weighted by Crippen LogP contribution is 2.52. The molecule has 3 aliphatic carbocycles. The Labute approximate surface area is 128 Å². The Morgan fingerprint density at radius 2 is 2.14 bits per heavy atom. The molecular weight excluding hydrogens is 258 g/mol. The smallest absolute Gasteiger partial charge is 0.0262 e. The van der Waals surface area contributed by atoms with Crippen LogP contribution in [0.3, 0.4) is 0 Å². The number of hydrogen-bond acceptors (Lipinski definition) is 3. The Balaban J connectivity index is 1.37. The summed E-state index contributed by atoms with van der Waals surface area (Å²) >= 11 is 0. The predicted octanol–water partition coefficient (Wildman–Crippen LogP) is 2.20. The number of allylic oxidation sites excluding steroid dienone is 2. The van der Waals surface area contributed by atoms with Gasteiger partial charge in [-0.05, 0) is 50.4 Å². The van der Waals surface area contributed by atoms with Gasteiger partial charge >= 0.3 is 0 Å². The summed E-state index contributed by atoms with van der Waals surface area (Å²) in [6, 6.07) is 0.245. The highest BCUT2D eigenvalue weighted by molar-refractivity contribution is 5.26. The maximum Gasteiger partial charge on any atom is 0.0262 e. The summed E-state index contributed by atoms with van der Waals surface area (Å²) in [5.41, 5.74) is 8.61. The van der Waals surface area contributed by atoms with E-state index in [0.717, 1.165) is 6.42 Å². The molecule has 0 aromatic heterocycles. The molecule has 0 aromatic rings. The molecule has 3 fully saturated rings. The van der Waals surface area contributed by atoms with Gasteiger partial charge in [-0.15, -0.1) is 0 Å². The van der Waals surface area contributed by atoms with Crippen molar-refractivity contribution < 1.29 is 0 Å². The van der Waals surface area contributed by atoms with Crippen LogP contribution in [0.4, 0.5) is 0 Å². The van der Waals surface area contributed by atoms with Gasteiger partial charge in [0.1, 0.15) is 0 Å². The van der Waals surface area contributed by atoms with Gasteiger partial charge in [0.05, 0.1) is 0 Å². The zero-order chi connectivity index (χ0) is 14.3. The number of nitrogens with zero attached hydrogens (tertiary/aromatic N) is 1. The third-order valence-corrected chi connectivity index (χ3v) is 6.13. The van der Waals surface area contributed by atoms with Crippen LogP contribution in [-0.4, -0.2) is 42.7 Å². The predicted molar refractivity (Wildman–Crippen MR) is 87.1 cm³/mol. The Morgan fingerprint density at radius 3 is 2.81 bits per heavy atom. The second-order valence-electron chi connectivity index (χ2n) is 7.86. The molecule has 2 saturated carbocycles. The van der Waals surface area contributed by atoms with E-state index in [1.165, 1.54) is 70.3 Å². The molecule has 116 valence electrons. The normalized spacial score (nSPS) is 33.6. The Hall–Kier alpha value is -0.640. The summed E-state index contributed by atoms with van der Waals surface area (Å²) in [6.07, 6.45) is 16.1. The number of rotatable bonds is 4. The minimum Gasteiger partial charge on any atom is -0.324 e. The van der Waals surface area contributed by atoms with E-state index in [0.29, 0.717) is 11.0 Å². The zero-order valence-electron chi connectivity index (χ0n) is 13.1. The van der Waals surface area contributed by atoms with E-state index >= 15 is 0 Å². The van der Waals surface area contributed by atoms with Crippen LogP contribution in [0.25, 0.3) is 0 Å². The summed E-state index contributed by atoms with van der Waals surface area (Å²) in [7, 11) is 0. The van der Waals surface area contributed by atoms with Crippen molar-refractivity contribution in [3.63, 3.8) is 0 Å². The SMILES string of the molecule is NC1C=CC(CCC2(N3CCNCC4(CC4)C3)CC2)=CC1. The van der Waals surface area contributed by atoms with Crippen LogP contribution in [0.15, 0.2) is 23.8 Å². The molecule has 0 aromatic carbocycles. The van der Waals surface area contributed by atoms with Crippen LogP contribution in [0, 0.1) is 5.41 Å². The fourth-order valence-corrected chi connectivity index (χ4v) is 4.14. The molecular formula is C18H29N3. The molecule has 1 spiro atoms. The fraction of sp³-hybridized carbons (Fsp3) is 0.778. The quantitative estimate of drug-likeness (QED) is 0.833. The molecule has 0 amide bonds. The first-order chi connectivity index (χ1) is 10.2. The van der Waals surface area contributed by atoms with Crippen molar-refractivity contribution in [1.82, 2.24) is 10.2 Å². The minimum atomic E-state index is 0.245. The third kappa shape index (κ3) is 2.96. The lowest BCUT2D eigenvalue weighted by atomic mass is 9.96. The molecule has 1 saturated heterocycles. The summed E-state index contributed by atoms with van der Waals surface area (Å²) in [4.78, 5) is 2.85. The van der Waals surface area contributed by atoms with Crippen molar-refractivity contribution in [1.29, 1.82) is 0 Å². The van der Waals surface area contributed by atoms with Crippen molar-refractivity contribution in [2.24, 2.45) is 11.1 Å². The Bertz CT molecular complexity index is 457. The van der Waals surface area contributed by atoms with Crippen molar-refractivity contribution in [3.8, 4) is 0 Å². The summed E-state index contributed by atoms with van der Waals surface area (Å²) in [5.74, 6) is 0. The van der Waals surface area contributed by atoms with Gasteiger partial charge in [0.15, 0.2) is 0 Å². The van der Waals surface area contributed by atoms with E-state index in [4.69, 9.17) is 5.73 Å². The molecule has 4 rings (SSSR count). The lowest BCUT2D eigenvalue weighted by Crippen LogP contribution is -2.41. The molecule has 21 heavy (non-hydrogen) atoms. The zero-order valence-corrected chi connectivity index (χ0v) is 13.1. The molecule has 0 radical (unpaired) electrons. The van der Waals surface area contributed by atoms with E-state index in [1.807, 2.05) is 0 Å². The van der Waals surface area contributed by atoms with Crippen LogP contribution in [0.2, 0.25) is 0 Å². The molecule has 1 unspecified atom stereocenters. The summed E-state index contributed by atoms with van der Waals surface area (Å²) in [5, 5.41) is 3.66. The first kappa shape index (κ1) is 14.0. The van der Waals surface area contributed by atoms with E-state index < -0.39 is 0 Å². The van der Waals surface area contributed by atoms with Crippen LogP contribution in [0.5, 0.6) is 0 Å². The van der Waals surface area contributed by atoms with Gasteiger partial charge in [0, 0.05) is 37.8 Å². The summed E-state index contributed by atoms with van der Waals surface area (Å²) < 4.78 is 0. The number of nitrogens with two attached hydrogens (primary N) is 1. The number of hydrogen-bond donors (Lipinski definition) is 2. The van der Waals surface area contributed by atoms with Crippen molar-refractivity contribution in [2.45, 2.75) is 56.5 Å². The highest BCUT2D eigenvalue weighted by atomic mass is 15.3. The maximum atomic E-state index is 5.92. The van der Waals surface area contributed by atoms with Gasteiger partial charge in [0.2, 0.25) is 0 Å². The van der Waals surface area contributed by atoms with Crippen molar-refractivity contribution in [3.05, 3.63) is 23.8 Å². The van der Waals surface area contributed by atoms with Gasteiger partial charge in [-0.1, -0.05) is 23.8 Å². The Kier molecular flexibility index (Phi) is 3.48. The molecule has 1 heterocycles. The average Bonchev–Trinajstić information content (AvgIpc) is 3.38. The van der Waals surface area contributed by atoms with Crippen LogP contribution in [0.1, 0.15) is 44.9 Å². The van der Waals surface area contributed by atoms with Gasteiger partial charge in [-0.25, -0.2) is 0 Å². The van der Waals surface area contributed by atoms with Crippen LogP contribution in [-0.2, 0) is 0 Å². The van der Waals surface area contributed by atoms with Crippen molar-refractivity contribution >= 4 is 0 Å². The monoisotopic (exact) mass is 287 g/mol. The van der Waals surface area contributed by atoms with E-state index in [9.17, 15) is 0 Å². The molecule has 3 N–H and O–H groups in total. The van der Waals surface area contributed by atoms with E-state index in [2.05, 4.69) is 28.4 Å². The first-order valence-corrected chi connectivity index (χ1v) is 8.79. The number of nitrogens with one attached hydrogen (secondary N) is 1. The second kappa shape index (κ2) is 5.22. The molecule has 4 aliphatic rings. The molecule has 3 nitrogen and oxygen atoms in total. The lowest BCUT2D eigenvalue weighted by Gasteiger charge is -2.33. The topological polar surface area (TPSA) is 41.3 Å². The lowest BCUT2D eigenvalue weighted by molar-refractivity contribution is 0.152. The van der Waals surface area contributed by atoms with Crippen LogP contribution >= 0.6 is 0 Å². The molecule has 3 heteroatoms. The van der Waals surface area contributed by atoms with Gasteiger partial charge in [-0.2, -0.15) is 0 Å². The highest BCUT2D eigenvalue weighted by Gasteiger charge is 2.53.